The lowest BCUT2D eigenvalue weighted by atomic mass is 10.1. The smallest absolute Gasteiger partial charge is 0.338 e. The molecule has 0 fully saturated rings. The van der Waals surface area contributed by atoms with Crippen LogP contribution in [0.25, 0.3) is 0 Å². The Hall–Kier alpha value is -2.28. The first-order valence-corrected chi connectivity index (χ1v) is 5.11. The Morgan fingerprint density at radius 1 is 1.41 bits per heavy atom. The summed E-state index contributed by atoms with van der Waals surface area (Å²) in [7, 11) is 1.53. The molecule has 0 unspecified atom stereocenters. The summed E-state index contributed by atoms with van der Waals surface area (Å²) in [6.45, 7) is 0.180. The maximum Gasteiger partial charge on any atom is 0.338 e. The van der Waals surface area contributed by atoms with Crippen LogP contribution >= 0.6 is 0 Å². The normalized spacial score (nSPS) is 9.18. The van der Waals surface area contributed by atoms with Gasteiger partial charge in [0.1, 0.15) is 6.61 Å². The number of nitrogens with one attached hydrogen (secondary N) is 1. The van der Waals surface area contributed by atoms with Crippen LogP contribution in [-0.2, 0) is 4.74 Å². The molecule has 88 valence electrons. The van der Waals surface area contributed by atoms with Crippen molar-refractivity contribution in [3.05, 3.63) is 35.4 Å². The average molecular weight is 231 g/mol. The van der Waals surface area contributed by atoms with E-state index in [0.29, 0.717) is 17.5 Å². The van der Waals surface area contributed by atoms with E-state index < -0.39 is 5.97 Å². The summed E-state index contributed by atoms with van der Waals surface area (Å²) in [4.78, 5) is 22.9. The molecule has 0 saturated carbocycles. The molecule has 0 atom stereocenters. The van der Waals surface area contributed by atoms with E-state index in [1.54, 1.807) is 18.2 Å². The van der Waals surface area contributed by atoms with Crippen molar-refractivity contribution >= 4 is 11.9 Å². The van der Waals surface area contributed by atoms with Gasteiger partial charge >= 0.3 is 5.97 Å². The van der Waals surface area contributed by atoms with Crippen molar-refractivity contribution < 1.29 is 14.3 Å². The third-order valence-electron chi connectivity index (χ3n) is 2.07. The second kappa shape index (κ2) is 6.33. The fourth-order valence-electron chi connectivity index (χ4n) is 1.22. The van der Waals surface area contributed by atoms with Crippen LogP contribution in [-0.4, -0.2) is 25.5 Å². The van der Waals surface area contributed by atoms with Crippen LogP contribution in [0, 0.1) is 12.3 Å². The summed E-state index contributed by atoms with van der Waals surface area (Å²) >= 11 is 0. The number of hydrogen-bond acceptors (Lipinski definition) is 3. The van der Waals surface area contributed by atoms with Gasteiger partial charge in [0.2, 0.25) is 0 Å². The van der Waals surface area contributed by atoms with E-state index in [0.717, 1.165) is 0 Å². The topological polar surface area (TPSA) is 55.4 Å². The second-order valence-electron chi connectivity index (χ2n) is 3.25. The number of hydrogen-bond donors (Lipinski definition) is 1. The van der Waals surface area contributed by atoms with Crippen molar-refractivity contribution in [2.24, 2.45) is 0 Å². The number of carbonyl (C=O) groups is 2. The lowest BCUT2D eigenvalue weighted by Crippen LogP contribution is -2.18. The van der Waals surface area contributed by atoms with Crippen LogP contribution in [0.1, 0.15) is 27.1 Å². The average Bonchev–Trinajstić information content (AvgIpc) is 2.38. The molecule has 17 heavy (non-hydrogen) atoms. The second-order valence-corrected chi connectivity index (χ2v) is 3.25. The summed E-state index contributed by atoms with van der Waals surface area (Å²) < 4.78 is 4.92. The van der Waals surface area contributed by atoms with Crippen LogP contribution in [0.5, 0.6) is 0 Å². The Labute approximate surface area is 100.0 Å². The molecule has 4 nitrogen and oxygen atoms in total. The Morgan fingerprint density at radius 2 is 2.12 bits per heavy atom. The summed E-state index contributed by atoms with van der Waals surface area (Å²) in [5.74, 6) is 1.64. The molecular weight excluding hydrogens is 218 g/mol. The van der Waals surface area contributed by atoms with Crippen molar-refractivity contribution in [3.63, 3.8) is 0 Å². The first-order chi connectivity index (χ1) is 8.19. The third-order valence-corrected chi connectivity index (χ3v) is 2.07. The molecule has 0 radical (unpaired) electrons. The molecule has 1 aromatic carbocycles. The number of benzene rings is 1. The first-order valence-electron chi connectivity index (χ1n) is 5.11. The maximum absolute atomic E-state index is 11.6. The van der Waals surface area contributed by atoms with Crippen molar-refractivity contribution in [2.45, 2.75) is 6.42 Å². The van der Waals surface area contributed by atoms with Gasteiger partial charge in [-0.25, -0.2) is 4.79 Å². The van der Waals surface area contributed by atoms with Crippen LogP contribution in [0.2, 0.25) is 0 Å². The van der Waals surface area contributed by atoms with E-state index in [1.807, 2.05) is 0 Å². The Balaban J connectivity index is 2.74. The molecule has 0 spiro atoms. The third kappa shape index (κ3) is 3.65. The fraction of sp³-hybridized carbons (Fsp3) is 0.231. The van der Waals surface area contributed by atoms with Crippen LogP contribution < -0.4 is 5.32 Å². The Morgan fingerprint density at radius 3 is 2.76 bits per heavy atom. The molecule has 1 aromatic rings. The van der Waals surface area contributed by atoms with Gasteiger partial charge in [0, 0.05) is 19.0 Å². The van der Waals surface area contributed by atoms with Gasteiger partial charge in [0.25, 0.3) is 5.91 Å². The number of carbonyl (C=O) groups excluding carboxylic acids is 2. The van der Waals surface area contributed by atoms with E-state index in [9.17, 15) is 9.59 Å². The van der Waals surface area contributed by atoms with E-state index in [1.165, 1.54) is 13.1 Å². The molecule has 0 aromatic heterocycles. The lowest BCUT2D eigenvalue weighted by molar-refractivity contribution is 0.0513. The molecule has 0 aliphatic heterocycles. The first kappa shape index (κ1) is 12.8. The zero-order valence-corrected chi connectivity index (χ0v) is 9.53. The van der Waals surface area contributed by atoms with Gasteiger partial charge in [-0.1, -0.05) is 6.07 Å². The quantitative estimate of drug-likeness (QED) is 0.481. The molecule has 0 heterocycles. The lowest BCUT2D eigenvalue weighted by Gasteiger charge is -2.04. The van der Waals surface area contributed by atoms with Gasteiger partial charge in [-0.15, -0.1) is 12.3 Å². The van der Waals surface area contributed by atoms with Crippen LogP contribution in [0.4, 0.5) is 0 Å². The molecule has 0 aliphatic carbocycles. The van der Waals surface area contributed by atoms with Crippen molar-refractivity contribution in [3.8, 4) is 12.3 Å². The Kier molecular flexibility index (Phi) is 4.77. The molecule has 1 N–H and O–H groups in total. The predicted octanol–water partition coefficient (Wildman–Crippen LogP) is 1.23. The largest absolute Gasteiger partial charge is 0.461 e. The van der Waals surface area contributed by atoms with E-state index in [2.05, 4.69) is 11.2 Å². The van der Waals surface area contributed by atoms with Crippen molar-refractivity contribution in [1.82, 2.24) is 5.32 Å². The summed E-state index contributed by atoms with van der Waals surface area (Å²) in [5, 5.41) is 2.48. The summed E-state index contributed by atoms with van der Waals surface area (Å²) in [6.07, 6.45) is 5.42. The number of ether oxygens (including phenoxy) is 1. The SMILES string of the molecule is C#CCCOC(=O)c1cccc(C(=O)NC)c1. The van der Waals surface area contributed by atoms with E-state index in [4.69, 9.17) is 11.2 Å². The van der Waals surface area contributed by atoms with Crippen LogP contribution in [0.3, 0.4) is 0 Å². The van der Waals surface area contributed by atoms with E-state index >= 15 is 0 Å². The maximum atomic E-state index is 11.6. The van der Waals surface area contributed by atoms with Crippen molar-refractivity contribution in [2.75, 3.05) is 13.7 Å². The molecule has 0 bridgehead atoms. The van der Waals surface area contributed by atoms with Gasteiger partial charge in [0.05, 0.1) is 5.56 Å². The highest BCUT2D eigenvalue weighted by atomic mass is 16.5. The fourth-order valence-corrected chi connectivity index (χ4v) is 1.22. The standard InChI is InChI=1S/C13H13NO3/c1-3-4-8-17-13(16)11-7-5-6-10(9-11)12(15)14-2/h1,5-7,9H,4,8H2,2H3,(H,14,15). The minimum Gasteiger partial charge on any atom is -0.461 e. The van der Waals surface area contributed by atoms with Gasteiger partial charge in [-0.3, -0.25) is 4.79 Å². The molecule has 1 amide bonds. The molecule has 0 saturated heterocycles. The molecular formula is C13H13NO3. The van der Waals surface area contributed by atoms with Gasteiger partial charge in [-0.05, 0) is 18.2 Å². The number of rotatable bonds is 4. The zero-order valence-electron chi connectivity index (χ0n) is 9.53. The minimum absolute atomic E-state index is 0.180. The number of esters is 1. The van der Waals surface area contributed by atoms with Crippen molar-refractivity contribution in [1.29, 1.82) is 0 Å². The summed E-state index contributed by atoms with van der Waals surface area (Å²) in [6, 6.07) is 6.32. The zero-order chi connectivity index (χ0) is 12.7. The molecule has 0 aliphatic rings. The highest BCUT2D eigenvalue weighted by Gasteiger charge is 2.10. The van der Waals surface area contributed by atoms with Gasteiger partial charge in [0.15, 0.2) is 0 Å². The molecule has 1 rings (SSSR count). The highest BCUT2D eigenvalue weighted by molar-refractivity contribution is 5.97. The van der Waals surface area contributed by atoms with Gasteiger partial charge < -0.3 is 10.1 Å². The van der Waals surface area contributed by atoms with Gasteiger partial charge in [-0.2, -0.15) is 0 Å². The van der Waals surface area contributed by atoms with E-state index in [-0.39, 0.29) is 12.5 Å². The molecule has 4 heteroatoms. The number of amides is 1. The predicted molar refractivity (Wildman–Crippen MR) is 63.6 cm³/mol. The number of terminal acetylenes is 1. The monoisotopic (exact) mass is 231 g/mol. The minimum atomic E-state index is -0.481. The highest BCUT2D eigenvalue weighted by Crippen LogP contribution is 2.07. The Bertz CT molecular complexity index is 460. The van der Waals surface area contributed by atoms with Crippen LogP contribution in [0.15, 0.2) is 24.3 Å². The summed E-state index contributed by atoms with van der Waals surface area (Å²) in [5.41, 5.74) is 0.752.